The summed E-state index contributed by atoms with van der Waals surface area (Å²) in [4.78, 5) is 1.41. The van der Waals surface area contributed by atoms with Gasteiger partial charge in [-0.3, -0.25) is 0 Å². The number of fused-ring (bicyclic) bond motifs is 1. The van der Waals surface area contributed by atoms with E-state index in [9.17, 15) is 0 Å². The van der Waals surface area contributed by atoms with Gasteiger partial charge in [-0.15, -0.1) is 11.8 Å². The molecule has 1 aliphatic heterocycles. The van der Waals surface area contributed by atoms with E-state index in [4.69, 9.17) is 5.73 Å². The van der Waals surface area contributed by atoms with Crippen molar-refractivity contribution in [2.24, 2.45) is 5.73 Å². The van der Waals surface area contributed by atoms with Gasteiger partial charge < -0.3 is 5.73 Å². The number of hydrogen-bond acceptors (Lipinski definition) is 2. The molecule has 20 heavy (non-hydrogen) atoms. The Labute approximate surface area is 125 Å². The van der Waals surface area contributed by atoms with Gasteiger partial charge in [0.15, 0.2) is 0 Å². The Kier molecular flexibility index (Phi) is 3.86. The Morgan fingerprint density at radius 1 is 1.15 bits per heavy atom. The molecule has 0 aliphatic carbocycles. The fourth-order valence-electron chi connectivity index (χ4n) is 3.14. The minimum Gasteiger partial charge on any atom is -0.327 e. The summed E-state index contributed by atoms with van der Waals surface area (Å²) in [7, 11) is 0. The van der Waals surface area contributed by atoms with Crippen LogP contribution in [0.25, 0.3) is 0 Å². The lowest BCUT2D eigenvalue weighted by molar-refractivity contribution is 0.571. The second-order valence-electron chi connectivity index (χ2n) is 5.82. The maximum Gasteiger partial charge on any atom is 0.0157 e. The summed E-state index contributed by atoms with van der Waals surface area (Å²) in [6.45, 7) is 4.31. The van der Waals surface area contributed by atoms with Gasteiger partial charge in [0.1, 0.15) is 0 Å². The van der Waals surface area contributed by atoms with E-state index in [0.717, 1.165) is 12.2 Å². The fourth-order valence-corrected chi connectivity index (χ4v) is 4.49. The lowest BCUT2D eigenvalue weighted by atomic mass is 9.89. The number of benzene rings is 2. The second-order valence-corrected chi connectivity index (χ2v) is 6.88. The summed E-state index contributed by atoms with van der Waals surface area (Å²) in [5.74, 6) is 1.60. The van der Waals surface area contributed by atoms with Crippen molar-refractivity contribution in [3.05, 3.63) is 64.7 Å². The van der Waals surface area contributed by atoms with E-state index in [1.54, 1.807) is 0 Å². The van der Waals surface area contributed by atoms with Crippen molar-refractivity contribution in [3.8, 4) is 0 Å². The van der Waals surface area contributed by atoms with Crippen LogP contribution in [0.5, 0.6) is 0 Å². The minimum atomic E-state index is 0.201. The summed E-state index contributed by atoms with van der Waals surface area (Å²) >= 11 is 1.94. The molecule has 2 aromatic carbocycles. The van der Waals surface area contributed by atoms with Crippen molar-refractivity contribution >= 4 is 11.8 Å². The van der Waals surface area contributed by atoms with Crippen molar-refractivity contribution in [2.45, 2.75) is 37.1 Å². The van der Waals surface area contributed by atoms with E-state index in [1.165, 1.54) is 27.1 Å². The third-order valence-electron chi connectivity index (χ3n) is 4.01. The molecule has 1 aliphatic rings. The molecule has 2 atom stereocenters. The SMILES string of the molecule is Cc1cc(C)cc(CC(N)C2CSc3ccccc32)c1. The number of thioether (sulfide) groups is 1. The van der Waals surface area contributed by atoms with Crippen LogP contribution in [0.3, 0.4) is 0 Å². The van der Waals surface area contributed by atoms with E-state index in [-0.39, 0.29) is 6.04 Å². The van der Waals surface area contributed by atoms with Crippen LogP contribution in [0.2, 0.25) is 0 Å². The fraction of sp³-hybridized carbons (Fsp3) is 0.333. The van der Waals surface area contributed by atoms with Gasteiger partial charge in [0.05, 0.1) is 0 Å². The van der Waals surface area contributed by atoms with E-state index in [1.807, 2.05) is 11.8 Å². The highest BCUT2D eigenvalue weighted by atomic mass is 32.2. The molecular weight excluding hydrogens is 262 g/mol. The first-order valence-electron chi connectivity index (χ1n) is 7.18. The number of hydrogen-bond donors (Lipinski definition) is 1. The molecule has 2 aromatic rings. The van der Waals surface area contributed by atoms with Crippen LogP contribution in [-0.4, -0.2) is 11.8 Å². The lowest BCUT2D eigenvalue weighted by Gasteiger charge is -2.20. The Hall–Kier alpha value is -1.25. The largest absolute Gasteiger partial charge is 0.327 e. The second kappa shape index (κ2) is 5.63. The maximum atomic E-state index is 6.51. The highest BCUT2D eigenvalue weighted by Crippen LogP contribution is 2.41. The van der Waals surface area contributed by atoms with Crippen LogP contribution in [0.15, 0.2) is 47.4 Å². The summed E-state index contributed by atoms with van der Waals surface area (Å²) in [5, 5.41) is 0. The first-order valence-corrected chi connectivity index (χ1v) is 8.16. The first-order chi connectivity index (χ1) is 9.63. The van der Waals surface area contributed by atoms with E-state index in [2.05, 4.69) is 56.3 Å². The molecule has 0 saturated carbocycles. The van der Waals surface area contributed by atoms with Crippen LogP contribution < -0.4 is 5.73 Å². The molecular formula is C18H21NS. The quantitative estimate of drug-likeness (QED) is 0.919. The average Bonchev–Trinajstić information content (AvgIpc) is 2.81. The molecule has 0 fully saturated rings. The topological polar surface area (TPSA) is 26.0 Å². The molecule has 0 amide bonds. The Morgan fingerprint density at radius 3 is 2.60 bits per heavy atom. The summed E-state index contributed by atoms with van der Waals surface area (Å²) in [6, 6.07) is 15.6. The van der Waals surface area contributed by atoms with Gasteiger partial charge in [0.25, 0.3) is 0 Å². The van der Waals surface area contributed by atoms with Crippen molar-refractivity contribution < 1.29 is 0 Å². The summed E-state index contributed by atoms with van der Waals surface area (Å²) in [5.41, 5.74) is 12.0. The Morgan fingerprint density at radius 2 is 1.85 bits per heavy atom. The van der Waals surface area contributed by atoms with Crippen LogP contribution in [0, 0.1) is 13.8 Å². The van der Waals surface area contributed by atoms with Gasteiger partial charge in [-0.25, -0.2) is 0 Å². The molecule has 2 heteroatoms. The molecule has 104 valence electrons. The standard InChI is InChI=1S/C18H21NS/c1-12-7-13(2)9-14(8-12)10-17(19)16-11-20-18-6-4-3-5-15(16)18/h3-9,16-17H,10-11,19H2,1-2H3. The molecule has 0 bridgehead atoms. The third-order valence-corrected chi connectivity index (χ3v) is 5.22. The molecule has 2 unspecified atom stereocenters. The Bertz CT molecular complexity index is 600. The van der Waals surface area contributed by atoms with Crippen molar-refractivity contribution in [1.82, 2.24) is 0 Å². The van der Waals surface area contributed by atoms with Crippen molar-refractivity contribution in [3.63, 3.8) is 0 Å². The highest BCUT2D eigenvalue weighted by Gasteiger charge is 2.27. The summed E-state index contributed by atoms with van der Waals surface area (Å²) in [6.07, 6.45) is 0.960. The van der Waals surface area contributed by atoms with Crippen LogP contribution >= 0.6 is 11.8 Å². The first kappa shape index (κ1) is 13.7. The molecule has 0 spiro atoms. The molecule has 0 saturated heterocycles. The van der Waals surface area contributed by atoms with Gasteiger partial charge >= 0.3 is 0 Å². The van der Waals surface area contributed by atoms with E-state index in [0.29, 0.717) is 5.92 Å². The van der Waals surface area contributed by atoms with Gasteiger partial charge in [0, 0.05) is 22.6 Å². The van der Waals surface area contributed by atoms with Gasteiger partial charge in [0.2, 0.25) is 0 Å². The van der Waals surface area contributed by atoms with Crippen molar-refractivity contribution in [1.29, 1.82) is 0 Å². The molecule has 1 heterocycles. The molecule has 0 radical (unpaired) electrons. The van der Waals surface area contributed by atoms with E-state index >= 15 is 0 Å². The predicted molar refractivity (Wildman–Crippen MR) is 87.5 cm³/mol. The smallest absolute Gasteiger partial charge is 0.0157 e. The number of aryl methyl sites for hydroxylation is 2. The molecule has 0 aromatic heterocycles. The number of rotatable bonds is 3. The van der Waals surface area contributed by atoms with E-state index < -0.39 is 0 Å². The van der Waals surface area contributed by atoms with Crippen molar-refractivity contribution in [2.75, 3.05) is 5.75 Å². The average molecular weight is 283 g/mol. The zero-order valence-corrected chi connectivity index (χ0v) is 12.9. The Balaban J connectivity index is 1.79. The summed E-state index contributed by atoms with van der Waals surface area (Å²) < 4.78 is 0. The highest BCUT2D eigenvalue weighted by molar-refractivity contribution is 7.99. The monoisotopic (exact) mass is 283 g/mol. The van der Waals surface area contributed by atoms with Crippen LogP contribution in [0.4, 0.5) is 0 Å². The maximum absolute atomic E-state index is 6.51. The zero-order chi connectivity index (χ0) is 14.1. The molecule has 2 N–H and O–H groups in total. The molecule has 1 nitrogen and oxygen atoms in total. The van der Waals surface area contributed by atoms with Gasteiger partial charge in [-0.2, -0.15) is 0 Å². The lowest BCUT2D eigenvalue weighted by Crippen LogP contribution is -2.31. The third kappa shape index (κ3) is 2.77. The zero-order valence-electron chi connectivity index (χ0n) is 12.1. The predicted octanol–water partition coefficient (Wildman–Crippen LogP) is 4.06. The number of nitrogens with two attached hydrogens (primary N) is 1. The van der Waals surface area contributed by atoms with Crippen LogP contribution in [0.1, 0.15) is 28.2 Å². The minimum absolute atomic E-state index is 0.201. The normalized spacial score (nSPS) is 18.9. The van der Waals surface area contributed by atoms with Gasteiger partial charge in [-0.05, 0) is 37.5 Å². The molecule has 3 rings (SSSR count). The van der Waals surface area contributed by atoms with Crippen LogP contribution in [-0.2, 0) is 6.42 Å². The van der Waals surface area contributed by atoms with Gasteiger partial charge in [-0.1, -0.05) is 47.5 Å².